The second-order valence-electron chi connectivity index (χ2n) is 42.0. The third-order valence-electron chi connectivity index (χ3n) is 24.7. The normalized spacial score (nSPS) is 17.2. The van der Waals surface area contributed by atoms with E-state index in [0.717, 1.165) is 0 Å². The third kappa shape index (κ3) is 48.1. The van der Waals surface area contributed by atoms with Crippen molar-refractivity contribution in [1.82, 2.24) is 100 Å². The molecule has 0 aromatic heterocycles. The standard InChI is InChI=1S/C98H178N28O21/c1-49(2)43-67(86(136)110-58(18)78(128)117-69(45-51(5)6)88(138)120-68(44-50(3)4)87(137)113-62(22)94(144)126-42-30-36-74(126)96(146)147)119-89(139)71(47-53(9)10)121-93(143)76(56(15)16)124-81(131)61(21)111-91(141)73-35-29-41-125(73)95(145)72(48-54(11)12)122-90(140)70(46-52(7)8)118-79(129)59(19)112-92(142)75(55(13)14)123-80(130)60(20)108-77(127)57(17)109-83(133)64(32-23-25-37-99)115-84(134)65(33-24-26-38-100)116-85(135)66(34-28-40-107-98(104)105)114-82(132)63(101)31-27-39-106-97(102)103/h49-76H,23-48,99-101H2,1-22H3,(H,108,127)(H,109,133)(H,110,136)(H,111,141)(H,112,142)(H,113,137)(H,114,132)(H,115,134)(H,116,135)(H,117,128)(H,118,129)(H,119,139)(H,120,138)(H,121,143)(H,122,140)(H,123,130)(H,124,131)(H,146,147)(H4,102,103,106)(H4,104,105,107)/t57-,58-,59-,60-,61-,62-,63-,64-,65-,66-,67-,68-,69-,70-,71-,72-,73-,74-,75-,76-/m0/s1. The SMILES string of the molecule is CC(C)C[C@H](NC(=O)[C@H](C)NC(=O)[C@H](CC(C)C)NC(=O)[C@H](CC(C)C)NC(=O)[C@@H](NC(=O)[C@H](C)NC(=O)[C@@H]1CCCN1C(=O)[C@H](CC(C)C)NC(=O)[C@H](CC(C)C)NC(=O)[C@H](C)NC(=O)[C@@H](NC(=O)[C@H](C)NC(=O)[C@H](C)NC(=O)[C@H](CCCCN)NC(=O)[C@H](CCCCN)NC(=O)[C@H](CCCN=C(N)N)NC(=O)[C@@H](N)CCCN=C(N)N)C(C)C)C(C)C)C(=O)N[C@@H](CC(C)C)C(=O)N[C@@H](C)C(=O)N1CCC[C@H]1C(=O)O. The minimum atomic E-state index is -1.35. The number of aliphatic imine (C=N–C) groups is 2. The first-order valence-electron chi connectivity index (χ1n) is 51.9. The van der Waals surface area contributed by atoms with Gasteiger partial charge in [-0.2, -0.15) is 0 Å². The number of carbonyl (C=O) groups excluding carboxylic acids is 19. The fourth-order valence-electron chi connectivity index (χ4n) is 16.6. The van der Waals surface area contributed by atoms with Crippen LogP contribution in [-0.4, -0.2) is 305 Å². The first-order valence-corrected chi connectivity index (χ1v) is 51.9. The van der Waals surface area contributed by atoms with Crippen LogP contribution in [0.15, 0.2) is 9.98 Å². The maximum atomic E-state index is 14.8. The zero-order valence-electron chi connectivity index (χ0n) is 90.5. The largest absolute Gasteiger partial charge is 0.480 e. The number of carboxylic acid groups (broad SMARTS) is 1. The maximum absolute atomic E-state index is 14.8. The summed E-state index contributed by atoms with van der Waals surface area (Å²) in [4.78, 5) is 291. The average molecular weight is 2080 g/mol. The predicted octanol–water partition coefficient (Wildman–Crippen LogP) is -3.30. The molecule has 836 valence electrons. The molecule has 2 saturated heterocycles. The summed E-state index contributed by atoms with van der Waals surface area (Å²) in [6.07, 6.45) is 4.06. The Kier molecular flexibility index (Phi) is 59.0. The van der Waals surface area contributed by atoms with Gasteiger partial charge in [0.2, 0.25) is 112 Å². The monoisotopic (exact) mass is 2080 g/mol. The summed E-state index contributed by atoms with van der Waals surface area (Å²) in [5.41, 5.74) is 39.6. The quantitative estimate of drug-likeness (QED) is 0.0161. The number of carboxylic acids is 1. The molecule has 2 aliphatic heterocycles. The van der Waals surface area contributed by atoms with E-state index in [-0.39, 0.29) is 170 Å². The molecular weight excluding hydrogens is 1910 g/mol. The molecule has 2 heterocycles. The summed E-state index contributed by atoms with van der Waals surface area (Å²) in [5.74, 6) is -18.4. The third-order valence-corrected chi connectivity index (χ3v) is 24.7. The predicted molar refractivity (Wildman–Crippen MR) is 554 cm³/mol. The number of hydrogen-bond acceptors (Lipinski definition) is 25. The zero-order valence-corrected chi connectivity index (χ0v) is 90.5. The molecule has 32 N–H and O–H groups in total. The van der Waals surface area contributed by atoms with E-state index in [2.05, 4.69) is 100 Å². The zero-order chi connectivity index (χ0) is 112. The minimum Gasteiger partial charge on any atom is -0.480 e. The molecular formula is C98H178N28O21. The summed E-state index contributed by atoms with van der Waals surface area (Å²) in [6.45, 7) is 37.4. The number of unbranched alkanes of at least 4 members (excludes halogenated alkanes) is 2. The molecule has 0 aromatic rings. The van der Waals surface area contributed by atoms with Crippen LogP contribution in [-0.2, 0) is 95.9 Å². The second-order valence-corrected chi connectivity index (χ2v) is 42.0. The van der Waals surface area contributed by atoms with Crippen molar-refractivity contribution in [3.63, 3.8) is 0 Å². The summed E-state index contributed by atoms with van der Waals surface area (Å²) < 4.78 is 0. The fraction of sp³-hybridized carbons (Fsp3) is 0.776. The number of nitrogens with zero attached hydrogens (tertiary/aromatic N) is 4. The minimum absolute atomic E-state index is 0.0120. The molecule has 2 rings (SSSR count). The molecule has 0 spiro atoms. The first kappa shape index (κ1) is 131. The molecule has 0 bridgehead atoms. The Labute approximate surface area is 865 Å². The molecule has 147 heavy (non-hydrogen) atoms. The van der Waals surface area contributed by atoms with Crippen LogP contribution in [0.5, 0.6) is 0 Å². The Hall–Kier alpha value is -12.2. The molecule has 0 aromatic carbocycles. The highest BCUT2D eigenvalue weighted by atomic mass is 16.4. The molecule has 20 atom stereocenters. The number of amides is 19. The van der Waals surface area contributed by atoms with Crippen LogP contribution in [0.25, 0.3) is 0 Å². The Morgan fingerprint density at radius 2 is 0.531 bits per heavy atom. The van der Waals surface area contributed by atoms with Crippen LogP contribution in [0, 0.1) is 47.3 Å². The van der Waals surface area contributed by atoms with Gasteiger partial charge in [0.25, 0.3) is 0 Å². The summed E-state index contributed by atoms with van der Waals surface area (Å²) >= 11 is 0. The van der Waals surface area contributed by atoms with Gasteiger partial charge in [-0.15, -0.1) is 0 Å². The van der Waals surface area contributed by atoms with E-state index in [9.17, 15) is 101 Å². The second kappa shape index (κ2) is 66.2. The van der Waals surface area contributed by atoms with Crippen LogP contribution in [0.2, 0.25) is 0 Å². The van der Waals surface area contributed by atoms with Crippen molar-refractivity contribution in [3.8, 4) is 0 Å². The number of nitrogens with two attached hydrogens (primary N) is 7. The smallest absolute Gasteiger partial charge is 0.326 e. The highest BCUT2D eigenvalue weighted by Gasteiger charge is 2.44. The molecule has 2 fully saturated rings. The summed E-state index contributed by atoms with van der Waals surface area (Å²) in [5, 5.41) is 55.2. The van der Waals surface area contributed by atoms with Crippen molar-refractivity contribution in [2.24, 2.45) is 97.5 Å². The van der Waals surface area contributed by atoms with Crippen LogP contribution in [0.1, 0.15) is 281 Å². The van der Waals surface area contributed by atoms with Gasteiger partial charge in [0.1, 0.15) is 115 Å². The van der Waals surface area contributed by atoms with Crippen LogP contribution in [0.4, 0.5) is 0 Å². The van der Waals surface area contributed by atoms with Gasteiger partial charge >= 0.3 is 5.97 Å². The molecule has 49 nitrogen and oxygen atoms in total. The van der Waals surface area contributed by atoms with E-state index >= 15 is 0 Å². The van der Waals surface area contributed by atoms with Crippen molar-refractivity contribution in [2.45, 2.75) is 402 Å². The Bertz CT molecular complexity index is 4410. The molecule has 0 unspecified atom stereocenters. The molecule has 49 heteroatoms. The summed E-state index contributed by atoms with van der Waals surface area (Å²) in [6, 6.07) is -25.0. The van der Waals surface area contributed by atoms with Crippen molar-refractivity contribution in [2.75, 3.05) is 39.3 Å². The van der Waals surface area contributed by atoms with Crippen molar-refractivity contribution in [3.05, 3.63) is 0 Å². The lowest BCUT2D eigenvalue weighted by atomic mass is 9.98. The maximum Gasteiger partial charge on any atom is 0.326 e. The van der Waals surface area contributed by atoms with Crippen LogP contribution >= 0.6 is 0 Å². The van der Waals surface area contributed by atoms with E-state index in [1.165, 1.54) is 51.3 Å². The van der Waals surface area contributed by atoms with Crippen LogP contribution < -0.4 is 131 Å². The van der Waals surface area contributed by atoms with Gasteiger partial charge in [-0.3, -0.25) is 101 Å². The molecule has 2 aliphatic rings. The lowest BCUT2D eigenvalue weighted by molar-refractivity contribution is -0.149. The van der Waals surface area contributed by atoms with Gasteiger partial charge in [0.05, 0.1) is 6.04 Å². The fourth-order valence-corrected chi connectivity index (χ4v) is 16.6. The van der Waals surface area contributed by atoms with Gasteiger partial charge in [-0.25, -0.2) is 4.79 Å². The van der Waals surface area contributed by atoms with Gasteiger partial charge in [-0.1, -0.05) is 111 Å². The molecule has 0 saturated carbocycles. The molecule has 0 aliphatic carbocycles. The highest BCUT2D eigenvalue weighted by Crippen LogP contribution is 2.24. The van der Waals surface area contributed by atoms with Crippen molar-refractivity contribution in [1.29, 1.82) is 0 Å². The molecule has 0 radical (unpaired) electrons. The lowest BCUT2D eigenvalue weighted by Gasteiger charge is -2.32. The number of likely N-dealkylation sites (tertiary alicyclic amines) is 2. The van der Waals surface area contributed by atoms with E-state index in [4.69, 9.17) is 40.1 Å². The van der Waals surface area contributed by atoms with Gasteiger partial charge in [-0.05, 0) is 230 Å². The van der Waals surface area contributed by atoms with E-state index in [1.807, 2.05) is 41.5 Å². The number of guanidine groups is 2. The number of rotatable bonds is 67. The van der Waals surface area contributed by atoms with E-state index in [1.54, 1.807) is 69.2 Å². The van der Waals surface area contributed by atoms with Crippen LogP contribution in [0.3, 0.4) is 0 Å². The lowest BCUT2D eigenvalue weighted by Crippen LogP contribution is -2.61. The van der Waals surface area contributed by atoms with Crippen molar-refractivity contribution < 1.29 is 101 Å². The Morgan fingerprint density at radius 3 is 0.884 bits per heavy atom. The number of nitrogens with one attached hydrogen (secondary N) is 17. The van der Waals surface area contributed by atoms with E-state index < -0.39 is 251 Å². The number of aliphatic carboxylic acids is 1. The number of hydrogen-bond donors (Lipinski definition) is 25. The van der Waals surface area contributed by atoms with Gasteiger partial charge in [0.15, 0.2) is 11.9 Å². The topological polar surface area (TPSA) is 779 Å². The highest BCUT2D eigenvalue weighted by molar-refractivity contribution is 6.02. The Balaban J connectivity index is 2.26. The summed E-state index contributed by atoms with van der Waals surface area (Å²) in [7, 11) is 0. The Morgan fingerprint density at radius 1 is 0.279 bits per heavy atom. The van der Waals surface area contributed by atoms with Gasteiger partial charge in [0, 0.05) is 26.2 Å². The average Bonchev–Trinajstić information content (AvgIpc) is 1.68. The van der Waals surface area contributed by atoms with E-state index in [0.29, 0.717) is 44.9 Å². The number of carbonyl (C=O) groups is 20. The first-order chi connectivity index (χ1) is 68.7. The molecule has 19 amide bonds. The van der Waals surface area contributed by atoms with Crippen molar-refractivity contribution >= 4 is 130 Å². The van der Waals surface area contributed by atoms with Gasteiger partial charge < -0.3 is 145 Å².